The summed E-state index contributed by atoms with van der Waals surface area (Å²) in [5, 5.41) is 20.0. The molecule has 282 valence electrons. The topological polar surface area (TPSA) is 241 Å². The molecule has 1 aliphatic heterocycles. The fourth-order valence-corrected chi connectivity index (χ4v) is 5.98. The molecule has 0 bridgehead atoms. The number of H-pyrrole nitrogens is 2. The molecule has 4 aromatic rings. The number of nitrogens with one attached hydrogen (secondary N) is 4. The summed E-state index contributed by atoms with van der Waals surface area (Å²) in [6, 6.07) is 6.57. The van der Waals surface area contributed by atoms with Crippen molar-refractivity contribution < 1.29 is 37.5 Å². The lowest BCUT2D eigenvalue weighted by Gasteiger charge is -2.36. The second-order valence-electron chi connectivity index (χ2n) is 12.3. The highest BCUT2D eigenvalue weighted by Gasteiger charge is 2.38. The number of alkyl halides is 3. The van der Waals surface area contributed by atoms with Crippen molar-refractivity contribution in [2.45, 2.75) is 37.9 Å². The number of benzene rings is 1. The van der Waals surface area contributed by atoms with Gasteiger partial charge in [0.2, 0.25) is 5.91 Å². The predicted octanol–water partition coefficient (Wildman–Crippen LogP) is 2.75. The predicted molar refractivity (Wildman–Crippen MR) is 187 cm³/mol. The maximum Gasteiger partial charge on any atom is 0.435 e. The first-order valence-electron chi connectivity index (χ1n) is 16.5. The van der Waals surface area contributed by atoms with Crippen LogP contribution in [0.2, 0.25) is 5.02 Å². The van der Waals surface area contributed by atoms with E-state index in [0.717, 1.165) is 0 Å². The average Bonchev–Trinajstić information content (AvgIpc) is 3.77. The van der Waals surface area contributed by atoms with Gasteiger partial charge in [-0.2, -0.15) is 18.3 Å². The van der Waals surface area contributed by atoms with Gasteiger partial charge in [-0.25, -0.2) is 4.98 Å². The Morgan fingerprint density at radius 1 is 1.02 bits per heavy atom. The van der Waals surface area contributed by atoms with Gasteiger partial charge in [-0.15, -0.1) is 0 Å². The molecule has 53 heavy (non-hydrogen) atoms. The van der Waals surface area contributed by atoms with Crippen molar-refractivity contribution >= 4 is 46.7 Å². The number of rotatable bonds is 14. The van der Waals surface area contributed by atoms with Crippen molar-refractivity contribution in [3.8, 4) is 11.4 Å². The number of carboxylic acid groups (broad SMARTS) is 1. The summed E-state index contributed by atoms with van der Waals surface area (Å²) in [6.07, 6.45) is -0.745. The fraction of sp³-hybridized carbons (Fsp3) is 0.364. The highest BCUT2D eigenvalue weighted by molar-refractivity contribution is 6.34. The van der Waals surface area contributed by atoms with Crippen LogP contribution in [-0.2, 0) is 22.2 Å². The van der Waals surface area contributed by atoms with Crippen LogP contribution in [0.5, 0.6) is 0 Å². The minimum absolute atomic E-state index is 0.0367. The van der Waals surface area contributed by atoms with Crippen molar-refractivity contribution in [3.63, 3.8) is 0 Å². The fourth-order valence-electron chi connectivity index (χ4n) is 5.72. The molecule has 4 heterocycles. The Hall–Kier alpha value is -5.53. The Labute approximate surface area is 305 Å². The van der Waals surface area contributed by atoms with Gasteiger partial charge < -0.3 is 42.0 Å². The Morgan fingerprint density at radius 3 is 2.42 bits per heavy atom. The Balaban J connectivity index is 1.14. The molecular formula is C33H37ClF3N11O5. The van der Waals surface area contributed by atoms with E-state index in [0.29, 0.717) is 31.5 Å². The number of nitrogens with zero attached hydrogens (tertiary/aromatic N) is 5. The zero-order chi connectivity index (χ0) is 38.3. The normalized spacial score (nSPS) is 13.9. The van der Waals surface area contributed by atoms with Gasteiger partial charge in [-0.1, -0.05) is 18.0 Å². The first-order chi connectivity index (χ1) is 25.2. The first kappa shape index (κ1) is 38.7. The van der Waals surface area contributed by atoms with Crippen molar-refractivity contribution in [3.05, 3.63) is 76.1 Å². The van der Waals surface area contributed by atoms with Gasteiger partial charge >= 0.3 is 12.1 Å². The standard InChI is InChI=1S/C33H37ClF3N11O5/c34-23-14-19(5-6-21(23)31(52)47-9-11-48(12-10-47)32(53)24(39)3-1-2-8-40-17-26(49)50)44-30(51)29-42-16-20(43-29)13-22-27(25-7-4-18(38)15-41-25)45-46-28(22)33(35,36)37/h4-7,14-16,24,40H,1-3,8-13,17,38-39H2,(H,42,43)(H,44,51)(H,45,46)(H,49,50)/t24-/m0/s1. The minimum Gasteiger partial charge on any atom is -0.480 e. The van der Waals surface area contributed by atoms with Gasteiger partial charge in [0.1, 0.15) is 0 Å². The number of carbonyl (C=O) groups is 4. The van der Waals surface area contributed by atoms with Crippen molar-refractivity contribution in [1.82, 2.24) is 40.3 Å². The van der Waals surface area contributed by atoms with Crippen LogP contribution >= 0.6 is 11.6 Å². The van der Waals surface area contributed by atoms with Crippen molar-refractivity contribution in [2.24, 2.45) is 5.73 Å². The van der Waals surface area contributed by atoms with Crippen LogP contribution in [0.3, 0.4) is 0 Å². The van der Waals surface area contributed by atoms with Gasteiger partial charge in [0.15, 0.2) is 11.5 Å². The van der Waals surface area contributed by atoms with E-state index < -0.39 is 29.8 Å². The summed E-state index contributed by atoms with van der Waals surface area (Å²) in [6.45, 7) is 1.46. The van der Waals surface area contributed by atoms with Gasteiger partial charge in [0.25, 0.3) is 11.8 Å². The second kappa shape index (κ2) is 16.9. The third kappa shape index (κ3) is 9.87. The maximum atomic E-state index is 13.8. The van der Waals surface area contributed by atoms with Crippen LogP contribution in [0.25, 0.3) is 11.4 Å². The maximum absolute atomic E-state index is 13.8. The molecule has 0 aliphatic carbocycles. The molecule has 1 saturated heterocycles. The number of aromatic amines is 2. The smallest absolute Gasteiger partial charge is 0.435 e. The zero-order valence-corrected chi connectivity index (χ0v) is 28.9. The number of piperazine rings is 1. The summed E-state index contributed by atoms with van der Waals surface area (Å²) in [5.74, 6) is -2.40. The van der Waals surface area contributed by atoms with E-state index in [9.17, 15) is 32.3 Å². The largest absolute Gasteiger partial charge is 0.480 e. The van der Waals surface area contributed by atoms with Gasteiger partial charge in [-0.05, 0) is 49.7 Å². The number of imidazole rings is 1. The lowest BCUT2D eigenvalue weighted by molar-refractivity contribution is -0.141. The van der Waals surface area contributed by atoms with Gasteiger partial charge in [0.05, 0.1) is 46.4 Å². The molecular weight excluding hydrogens is 723 g/mol. The summed E-state index contributed by atoms with van der Waals surface area (Å²) in [7, 11) is 0. The van der Waals surface area contributed by atoms with Crippen LogP contribution in [0, 0.1) is 0 Å². The quantitative estimate of drug-likeness (QED) is 0.0922. The molecule has 0 unspecified atom stereocenters. The SMILES string of the molecule is Nc1ccc(-c2[nH]nc(C(F)(F)F)c2Cc2cnc(C(=O)Nc3ccc(C(=O)N4CCN(C(=O)[C@@H](N)CCCCNCC(=O)O)CC4)c(Cl)c3)[nH]2)nc1. The van der Waals surface area contributed by atoms with Gasteiger partial charge in [-0.3, -0.25) is 29.3 Å². The number of nitrogen functional groups attached to an aromatic ring is 1. The molecule has 0 saturated carbocycles. The number of amides is 3. The number of anilines is 2. The van der Waals surface area contributed by atoms with Crippen molar-refractivity contribution in [1.29, 1.82) is 0 Å². The van der Waals surface area contributed by atoms with Crippen LogP contribution in [0.1, 0.15) is 57.2 Å². The highest BCUT2D eigenvalue weighted by atomic mass is 35.5. The lowest BCUT2D eigenvalue weighted by atomic mass is 10.0. The molecule has 5 rings (SSSR count). The summed E-state index contributed by atoms with van der Waals surface area (Å²) in [4.78, 5) is 63.7. The second-order valence-corrected chi connectivity index (χ2v) is 12.7. The number of carboxylic acids is 1. The number of nitrogens with two attached hydrogens (primary N) is 2. The monoisotopic (exact) mass is 759 g/mol. The van der Waals surface area contributed by atoms with E-state index in [1.165, 1.54) is 42.7 Å². The zero-order valence-electron chi connectivity index (χ0n) is 28.2. The molecule has 20 heteroatoms. The van der Waals surface area contributed by atoms with E-state index in [1.54, 1.807) is 9.80 Å². The van der Waals surface area contributed by atoms with E-state index >= 15 is 0 Å². The molecule has 1 atom stereocenters. The number of carbonyl (C=O) groups excluding carboxylic acids is 3. The number of hydrogen-bond acceptors (Lipinski definition) is 10. The number of aromatic nitrogens is 5. The molecule has 16 nitrogen and oxygen atoms in total. The number of unbranched alkanes of at least 4 members (excludes halogenated alkanes) is 1. The van der Waals surface area contributed by atoms with E-state index in [2.05, 4.69) is 35.8 Å². The van der Waals surface area contributed by atoms with Crippen molar-refractivity contribution in [2.75, 3.05) is 50.3 Å². The first-order valence-corrected chi connectivity index (χ1v) is 16.9. The number of halogens is 4. The molecule has 3 amide bonds. The lowest BCUT2D eigenvalue weighted by Crippen LogP contribution is -2.54. The minimum atomic E-state index is -4.77. The average molecular weight is 760 g/mol. The molecule has 1 aromatic carbocycles. The molecule has 0 radical (unpaired) electrons. The highest BCUT2D eigenvalue weighted by Crippen LogP contribution is 2.36. The van der Waals surface area contributed by atoms with E-state index in [1.807, 2.05) is 0 Å². The third-order valence-corrected chi connectivity index (χ3v) is 8.75. The van der Waals surface area contributed by atoms with Gasteiger partial charge in [0, 0.05) is 55.7 Å². The Bertz CT molecular complexity index is 1940. The molecule has 3 aromatic heterocycles. The molecule has 1 aliphatic rings. The van der Waals surface area contributed by atoms with Crippen LogP contribution in [0.4, 0.5) is 24.5 Å². The van der Waals surface area contributed by atoms with E-state index in [4.69, 9.17) is 28.2 Å². The van der Waals surface area contributed by atoms with Crippen LogP contribution in [-0.4, -0.2) is 109 Å². The molecule has 0 spiro atoms. The molecule has 9 N–H and O–H groups in total. The van der Waals surface area contributed by atoms with Crippen LogP contribution in [0.15, 0.2) is 42.7 Å². The third-order valence-electron chi connectivity index (χ3n) is 8.44. The summed E-state index contributed by atoms with van der Waals surface area (Å²) >= 11 is 6.45. The summed E-state index contributed by atoms with van der Waals surface area (Å²) in [5.41, 5.74) is 11.6. The number of aliphatic carboxylic acids is 1. The number of hydrogen-bond donors (Lipinski definition) is 7. The Kier molecular flexibility index (Phi) is 12.3. The summed E-state index contributed by atoms with van der Waals surface area (Å²) < 4.78 is 41.4. The van der Waals surface area contributed by atoms with Crippen LogP contribution < -0.4 is 22.1 Å². The Morgan fingerprint density at radius 2 is 1.75 bits per heavy atom. The van der Waals surface area contributed by atoms with E-state index in [-0.39, 0.29) is 95.7 Å². The number of pyridine rings is 1. The molecule has 1 fully saturated rings.